The molecule has 0 atom stereocenters. The number of aliphatic carboxylic acids is 1. The molecule has 0 fully saturated rings. The van der Waals surface area contributed by atoms with Crippen molar-refractivity contribution in [3.63, 3.8) is 0 Å². The summed E-state index contributed by atoms with van der Waals surface area (Å²) in [5.41, 5.74) is 5.78. The minimum absolute atomic E-state index is 0.110. The quantitative estimate of drug-likeness (QED) is 0.786. The molecule has 0 aliphatic heterocycles. The van der Waals surface area contributed by atoms with E-state index in [9.17, 15) is 14.4 Å². The molecule has 0 spiro atoms. The second kappa shape index (κ2) is 5.81. The van der Waals surface area contributed by atoms with Crippen LogP contribution in [0.1, 0.15) is 27.1 Å². The molecule has 0 radical (unpaired) electrons. The van der Waals surface area contributed by atoms with E-state index in [0.29, 0.717) is 11.1 Å². The zero-order valence-electron chi connectivity index (χ0n) is 9.92. The number of carbonyl (C=O) groups is 3. The van der Waals surface area contributed by atoms with Gasteiger partial charge in [-0.2, -0.15) is 0 Å². The van der Waals surface area contributed by atoms with Crippen molar-refractivity contribution in [2.24, 2.45) is 5.73 Å². The Labute approximate surface area is 104 Å². The molecular weight excluding hydrogens is 236 g/mol. The molecule has 1 rings (SSSR count). The molecule has 6 nitrogen and oxygen atoms in total. The molecule has 18 heavy (non-hydrogen) atoms. The summed E-state index contributed by atoms with van der Waals surface area (Å²) in [6.45, 7) is 0.131. The fourth-order valence-electron chi connectivity index (χ4n) is 1.36. The van der Waals surface area contributed by atoms with Crippen LogP contribution in [-0.2, 0) is 4.79 Å². The van der Waals surface area contributed by atoms with Gasteiger partial charge in [-0.1, -0.05) is 0 Å². The van der Waals surface area contributed by atoms with Crippen molar-refractivity contribution in [1.82, 2.24) is 4.90 Å². The lowest BCUT2D eigenvalue weighted by Crippen LogP contribution is -2.29. The van der Waals surface area contributed by atoms with Gasteiger partial charge in [0, 0.05) is 24.7 Å². The lowest BCUT2D eigenvalue weighted by molar-refractivity contribution is -0.137. The van der Waals surface area contributed by atoms with Gasteiger partial charge in [0.05, 0.1) is 6.42 Å². The predicted octanol–water partition coefficient (Wildman–Crippen LogP) is 0.332. The first kappa shape index (κ1) is 13.7. The van der Waals surface area contributed by atoms with Gasteiger partial charge in [-0.3, -0.25) is 14.4 Å². The molecule has 6 heteroatoms. The van der Waals surface area contributed by atoms with Gasteiger partial charge >= 0.3 is 5.97 Å². The number of amides is 2. The molecule has 1 aromatic rings. The number of nitrogens with two attached hydrogens (primary N) is 1. The SMILES string of the molecule is CN(CCC(=O)O)C(=O)c1ccc(C(N)=O)cc1. The minimum atomic E-state index is -0.960. The van der Waals surface area contributed by atoms with E-state index in [2.05, 4.69) is 0 Å². The second-order valence-electron chi connectivity index (χ2n) is 3.81. The van der Waals surface area contributed by atoms with Crippen molar-refractivity contribution in [2.75, 3.05) is 13.6 Å². The molecular formula is C12H14N2O4. The van der Waals surface area contributed by atoms with E-state index in [-0.39, 0.29) is 18.9 Å². The number of hydrogen-bond acceptors (Lipinski definition) is 3. The predicted molar refractivity (Wildman–Crippen MR) is 64.2 cm³/mol. The largest absolute Gasteiger partial charge is 0.481 e. The molecule has 0 unspecified atom stereocenters. The maximum Gasteiger partial charge on any atom is 0.305 e. The molecule has 0 aromatic heterocycles. The molecule has 0 saturated heterocycles. The third kappa shape index (κ3) is 3.58. The van der Waals surface area contributed by atoms with Crippen LogP contribution in [0.2, 0.25) is 0 Å². The number of benzene rings is 1. The molecule has 0 bridgehead atoms. The Hall–Kier alpha value is -2.37. The number of nitrogens with zero attached hydrogens (tertiary/aromatic N) is 1. The normalized spacial score (nSPS) is 9.83. The number of carboxylic acid groups (broad SMARTS) is 1. The summed E-state index contributed by atoms with van der Waals surface area (Å²) >= 11 is 0. The van der Waals surface area contributed by atoms with Crippen LogP contribution in [0.4, 0.5) is 0 Å². The van der Waals surface area contributed by atoms with Crippen LogP contribution in [0.3, 0.4) is 0 Å². The van der Waals surface area contributed by atoms with Crippen molar-refractivity contribution in [1.29, 1.82) is 0 Å². The van der Waals surface area contributed by atoms with Crippen molar-refractivity contribution >= 4 is 17.8 Å². The molecule has 0 saturated carbocycles. The third-order valence-electron chi connectivity index (χ3n) is 2.42. The highest BCUT2D eigenvalue weighted by atomic mass is 16.4. The summed E-state index contributed by atoms with van der Waals surface area (Å²) in [4.78, 5) is 34.4. The first-order chi connectivity index (χ1) is 8.41. The number of rotatable bonds is 5. The van der Waals surface area contributed by atoms with Crippen LogP contribution in [0.5, 0.6) is 0 Å². The van der Waals surface area contributed by atoms with Crippen LogP contribution in [0.25, 0.3) is 0 Å². The average Bonchev–Trinajstić information content (AvgIpc) is 2.35. The van der Waals surface area contributed by atoms with Crippen molar-refractivity contribution < 1.29 is 19.5 Å². The standard InChI is InChI=1S/C12H14N2O4/c1-14(7-6-10(15)16)12(18)9-4-2-8(3-5-9)11(13)17/h2-5H,6-7H2,1H3,(H2,13,17)(H,15,16). The maximum absolute atomic E-state index is 11.9. The Morgan fingerprint density at radius 1 is 1.17 bits per heavy atom. The van der Waals surface area contributed by atoms with Crippen molar-refractivity contribution in [2.45, 2.75) is 6.42 Å². The zero-order chi connectivity index (χ0) is 13.7. The molecule has 2 amide bonds. The van der Waals surface area contributed by atoms with Gasteiger partial charge in [-0.05, 0) is 24.3 Å². The lowest BCUT2D eigenvalue weighted by atomic mass is 10.1. The smallest absolute Gasteiger partial charge is 0.305 e. The van der Waals surface area contributed by atoms with E-state index in [1.165, 1.54) is 36.2 Å². The monoisotopic (exact) mass is 250 g/mol. The molecule has 1 aromatic carbocycles. The highest BCUT2D eigenvalue weighted by molar-refractivity contribution is 5.97. The maximum atomic E-state index is 11.9. The van der Waals surface area contributed by atoms with E-state index in [1.807, 2.05) is 0 Å². The number of carboxylic acids is 1. The van der Waals surface area contributed by atoms with Crippen LogP contribution < -0.4 is 5.73 Å². The number of carbonyl (C=O) groups excluding carboxylic acids is 2. The van der Waals surface area contributed by atoms with Crippen LogP contribution in [0, 0.1) is 0 Å². The molecule has 3 N–H and O–H groups in total. The summed E-state index contributed by atoms with van der Waals surface area (Å²) in [5.74, 6) is -1.82. The van der Waals surface area contributed by atoms with E-state index < -0.39 is 11.9 Å². The molecule has 0 aliphatic rings. The summed E-state index contributed by atoms with van der Waals surface area (Å²) in [6, 6.07) is 5.89. The number of hydrogen-bond donors (Lipinski definition) is 2. The Bertz CT molecular complexity index is 467. The molecule has 0 heterocycles. The Kier molecular flexibility index (Phi) is 4.42. The summed E-state index contributed by atoms with van der Waals surface area (Å²) in [5, 5.41) is 8.52. The van der Waals surface area contributed by atoms with Gasteiger partial charge in [-0.25, -0.2) is 0 Å². The van der Waals surface area contributed by atoms with E-state index in [1.54, 1.807) is 0 Å². The highest BCUT2D eigenvalue weighted by Crippen LogP contribution is 2.07. The Morgan fingerprint density at radius 3 is 2.11 bits per heavy atom. The first-order valence-corrected chi connectivity index (χ1v) is 5.29. The van der Waals surface area contributed by atoms with Gasteiger partial charge in [0.15, 0.2) is 0 Å². The summed E-state index contributed by atoms with van der Waals surface area (Å²) in [7, 11) is 1.52. The van der Waals surface area contributed by atoms with Gasteiger partial charge in [0.2, 0.25) is 5.91 Å². The Balaban J connectivity index is 2.71. The molecule has 0 aliphatic carbocycles. The van der Waals surface area contributed by atoms with Crippen LogP contribution in [-0.4, -0.2) is 41.4 Å². The fraction of sp³-hybridized carbons (Fsp3) is 0.250. The van der Waals surface area contributed by atoms with Gasteiger partial charge < -0.3 is 15.7 Å². The lowest BCUT2D eigenvalue weighted by Gasteiger charge is -2.16. The summed E-state index contributed by atoms with van der Waals surface area (Å²) < 4.78 is 0. The Morgan fingerprint density at radius 2 is 1.67 bits per heavy atom. The number of primary amides is 1. The minimum Gasteiger partial charge on any atom is -0.481 e. The topological polar surface area (TPSA) is 101 Å². The summed E-state index contributed by atoms with van der Waals surface area (Å²) in [6.07, 6.45) is -0.110. The first-order valence-electron chi connectivity index (χ1n) is 5.29. The van der Waals surface area contributed by atoms with Crippen molar-refractivity contribution in [3.8, 4) is 0 Å². The second-order valence-corrected chi connectivity index (χ2v) is 3.81. The average molecular weight is 250 g/mol. The third-order valence-corrected chi connectivity index (χ3v) is 2.42. The van der Waals surface area contributed by atoms with Crippen LogP contribution in [0.15, 0.2) is 24.3 Å². The highest BCUT2D eigenvalue weighted by Gasteiger charge is 2.13. The van der Waals surface area contributed by atoms with E-state index in [0.717, 1.165) is 0 Å². The van der Waals surface area contributed by atoms with Gasteiger partial charge in [-0.15, -0.1) is 0 Å². The zero-order valence-corrected chi connectivity index (χ0v) is 9.92. The van der Waals surface area contributed by atoms with Gasteiger partial charge in [0.25, 0.3) is 5.91 Å². The van der Waals surface area contributed by atoms with E-state index in [4.69, 9.17) is 10.8 Å². The van der Waals surface area contributed by atoms with Crippen LogP contribution >= 0.6 is 0 Å². The van der Waals surface area contributed by atoms with Crippen molar-refractivity contribution in [3.05, 3.63) is 35.4 Å². The van der Waals surface area contributed by atoms with Gasteiger partial charge in [0.1, 0.15) is 0 Å². The fourth-order valence-corrected chi connectivity index (χ4v) is 1.36. The van der Waals surface area contributed by atoms with E-state index >= 15 is 0 Å². The molecule has 96 valence electrons.